The van der Waals surface area contributed by atoms with E-state index in [4.69, 9.17) is 4.98 Å². The summed E-state index contributed by atoms with van der Waals surface area (Å²) in [5.41, 5.74) is 2.90. The maximum Gasteiger partial charge on any atom is 0.256 e. The largest absolute Gasteiger partial charge is 0.337 e. The van der Waals surface area contributed by atoms with Gasteiger partial charge in [-0.3, -0.25) is 14.5 Å². The number of carbonyl (C=O) groups excluding carboxylic acids is 1. The number of aromatic amines is 1. The first-order valence-corrected chi connectivity index (χ1v) is 11.6. The standard InChI is InChI=1S/C22H28N4O2S/c1-14-7-10-29-19(14)13-25-8-2-3-16(11-25)20-23-18-6-9-26(22(28)15-4-5-15)12-17(18)21(27)24-20/h7,10,15-16H,2-6,8-9,11-13H2,1H3,(H,23,24,27). The molecule has 1 atom stereocenters. The van der Waals surface area contributed by atoms with E-state index in [9.17, 15) is 9.59 Å². The second-order valence-corrected chi connectivity index (χ2v) is 9.76. The smallest absolute Gasteiger partial charge is 0.256 e. The Morgan fingerprint density at radius 2 is 2.17 bits per heavy atom. The van der Waals surface area contributed by atoms with Crippen LogP contribution in [0.25, 0.3) is 0 Å². The molecule has 1 aliphatic carbocycles. The van der Waals surface area contributed by atoms with Gasteiger partial charge in [0.25, 0.3) is 5.56 Å². The Morgan fingerprint density at radius 1 is 1.31 bits per heavy atom. The van der Waals surface area contributed by atoms with Gasteiger partial charge in [-0.05, 0) is 56.2 Å². The average molecular weight is 413 g/mol. The molecule has 0 radical (unpaired) electrons. The third-order valence-electron chi connectivity index (χ3n) is 6.55. The fourth-order valence-corrected chi connectivity index (χ4v) is 5.55. The molecule has 3 aliphatic rings. The van der Waals surface area contributed by atoms with Gasteiger partial charge in [0, 0.05) is 42.8 Å². The molecule has 4 heterocycles. The van der Waals surface area contributed by atoms with Crippen molar-refractivity contribution in [2.45, 2.75) is 58.0 Å². The fourth-order valence-electron chi connectivity index (χ4n) is 4.61. The van der Waals surface area contributed by atoms with Gasteiger partial charge in [0.1, 0.15) is 5.82 Å². The predicted molar refractivity (Wildman–Crippen MR) is 113 cm³/mol. The van der Waals surface area contributed by atoms with Crippen molar-refractivity contribution < 1.29 is 4.79 Å². The van der Waals surface area contributed by atoms with Crippen LogP contribution in [-0.4, -0.2) is 45.3 Å². The number of hydrogen-bond donors (Lipinski definition) is 1. The third-order valence-corrected chi connectivity index (χ3v) is 7.56. The van der Waals surface area contributed by atoms with Gasteiger partial charge in [-0.2, -0.15) is 0 Å². The summed E-state index contributed by atoms with van der Waals surface area (Å²) in [6.07, 6.45) is 4.88. The molecule has 0 aromatic carbocycles. The molecular weight excluding hydrogens is 384 g/mol. The lowest BCUT2D eigenvalue weighted by Crippen LogP contribution is -2.41. The molecule has 0 spiro atoms. The van der Waals surface area contributed by atoms with Gasteiger partial charge in [0.2, 0.25) is 5.91 Å². The molecule has 2 aliphatic heterocycles. The van der Waals surface area contributed by atoms with Gasteiger partial charge in [-0.25, -0.2) is 4.98 Å². The van der Waals surface area contributed by atoms with Crippen molar-refractivity contribution in [2.75, 3.05) is 19.6 Å². The zero-order valence-electron chi connectivity index (χ0n) is 16.9. The monoisotopic (exact) mass is 412 g/mol. The first-order chi connectivity index (χ1) is 14.1. The van der Waals surface area contributed by atoms with Crippen LogP contribution in [0.1, 0.15) is 59.1 Å². The number of rotatable bonds is 4. The van der Waals surface area contributed by atoms with E-state index in [0.29, 0.717) is 25.1 Å². The summed E-state index contributed by atoms with van der Waals surface area (Å²) in [6.45, 7) is 6.29. The topological polar surface area (TPSA) is 69.3 Å². The Hall–Kier alpha value is -1.99. The van der Waals surface area contributed by atoms with E-state index in [1.165, 1.54) is 10.4 Å². The summed E-state index contributed by atoms with van der Waals surface area (Å²) in [5.74, 6) is 1.52. The summed E-state index contributed by atoms with van der Waals surface area (Å²) in [4.78, 5) is 38.9. The molecule has 2 aromatic heterocycles. The minimum absolute atomic E-state index is 0.0514. The Labute approximate surface area is 175 Å². The molecular formula is C22H28N4O2S. The van der Waals surface area contributed by atoms with Crippen LogP contribution < -0.4 is 5.56 Å². The molecule has 6 nitrogen and oxygen atoms in total. The summed E-state index contributed by atoms with van der Waals surface area (Å²) in [5, 5.41) is 2.16. The van der Waals surface area contributed by atoms with Crippen LogP contribution in [-0.2, 0) is 24.3 Å². The van der Waals surface area contributed by atoms with E-state index in [1.807, 2.05) is 16.2 Å². The molecule has 7 heteroatoms. The molecule has 2 fully saturated rings. The predicted octanol–water partition coefficient (Wildman–Crippen LogP) is 2.81. The van der Waals surface area contributed by atoms with Crippen molar-refractivity contribution in [1.29, 1.82) is 0 Å². The maximum atomic E-state index is 12.8. The Bertz CT molecular complexity index is 977. The van der Waals surface area contributed by atoms with Gasteiger partial charge in [0.15, 0.2) is 0 Å². The Kier molecular flexibility index (Phi) is 5.04. The van der Waals surface area contributed by atoms with Gasteiger partial charge < -0.3 is 9.88 Å². The lowest BCUT2D eigenvalue weighted by Gasteiger charge is -2.33. The number of hydrogen-bond acceptors (Lipinski definition) is 5. The molecule has 5 rings (SSSR count). The number of amides is 1. The van der Waals surface area contributed by atoms with Crippen molar-refractivity contribution >= 4 is 17.2 Å². The van der Waals surface area contributed by atoms with E-state index in [0.717, 1.165) is 56.8 Å². The number of likely N-dealkylation sites (tertiary alicyclic amines) is 1. The van der Waals surface area contributed by atoms with Gasteiger partial charge >= 0.3 is 0 Å². The van der Waals surface area contributed by atoms with Crippen LogP contribution in [0.15, 0.2) is 16.2 Å². The highest BCUT2D eigenvalue weighted by molar-refractivity contribution is 7.10. The van der Waals surface area contributed by atoms with Gasteiger partial charge in [-0.1, -0.05) is 0 Å². The summed E-state index contributed by atoms with van der Waals surface area (Å²) in [7, 11) is 0. The minimum atomic E-state index is -0.0514. The van der Waals surface area contributed by atoms with E-state index >= 15 is 0 Å². The van der Waals surface area contributed by atoms with Gasteiger partial charge in [-0.15, -0.1) is 11.3 Å². The Morgan fingerprint density at radius 3 is 2.93 bits per heavy atom. The van der Waals surface area contributed by atoms with Crippen molar-refractivity contribution in [3.8, 4) is 0 Å². The Balaban J connectivity index is 1.31. The highest BCUT2D eigenvalue weighted by atomic mass is 32.1. The van der Waals surface area contributed by atoms with E-state index in [-0.39, 0.29) is 23.3 Å². The highest BCUT2D eigenvalue weighted by Gasteiger charge is 2.35. The second-order valence-electron chi connectivity index (χ2n) is 8.76. The third kappa shape index (κ3) is 3.90. The molecule has 1 saturated carbocycles. The van der Waals surface area contributed by atoms with Crippen LogP contribution in [0.5, 0.6) is 0 Å². The number of nitrogens with zero attached hydrogens (tertiary/aromatic N) is 3. The first-order valence-electron chi connectivity index (χ1n) is 10.7. The average Bonchev–Trinajstić information content (AvgIpc) is 3.51. The molecule has 1 unspecified atom stereocenters. The highest BCUT2D eigenvalue weighted by Crippen LogP contribution is 2.33. The number of piperidine rings is 1. The molecule has 1 saturated heterocycles. The lowest BCUT2D eigenvalue weighted by atomic mass is 9.96. The van der Waals surface area contributed by atoms with Crippen LogP contribution >= 0.6 is 11.3 Å². The quantitative estimate of drug-likeness (QED) is 0.838. The lowest BCUT2D eigenvalue weighted by molar-refractivity contribution is -0.133. The summed E-state index contributed by atoms with van der Waals surface area (Å²) < 4.78 is 0. The van der Waals surface area contributed by atoms with Crippen molar-refractivity contribution in [3.63, 3.8) is 0 Å². The first kappa shape index (κ1) is 19.0. The molecule has 154 valence electrons. The van der Waals surface area contributed by atoms with Crippen molar-refractivity contribution in [2.24, 2.45) is 5.92 Å². The second kappa shape index (κ2) is 7.69. The number of aromatic nitrogens is 2. The van der Waals surface area contributed by atoms with E-state index in [2.05, 4.69) is 28.3 Å². The van der Waals surface area contributed by atoms with E-state index < -0.39 is 0 Å². The van der Waals surface area contributed by atoms with Crippen LogP contribution in [0, 0.1) is 12.8 Å². The molecule has 29 heavy (non-hydrogen) atoms. The number of nitrogens with one attached hydrogen (secondary N) is 1. The van der Waals surface area contributed by atoms with Crippen LogP contribution in [0.4, 0.5) is 0 Å². The zero-order valence-corrected chi connectivity index (χ0v) is 17.8. The molecule has 1 amide bonds. The molecule has 0 bridgehead atoms. The van der Waals surface area contributed by atoms with Crippen LogP contribution in [0.2, 0.25) is 0 Å². The summed E-state index contributed by atoms with van der Waals surface area (Å²) >= 11 is 1.82. The number of fused-ring (bicyclic) bond motifs is 1. The molecule has 2 aromatic rings. The van der Waals surface area contributed by atoms with Crippen molar-refractivity contribution in [3.05, 3.63) is 49.3 Å². The number of aryl methyl sites for hydroxylation is 1. The summed E-state index contributed by atoms with van der Waals surface area (Å²) in [6, 6.07) is 2.18. The molecule has 1 N–H and O–H groups in total. The zero-order chi connectivity index (χ0) is 20.0. The van der Waals surface area contributed by atoms with Gasteiger partial charge in [0.05, 0.1) is 17.8 Å². The maximum absolute atomic E-state index is 12.8. The van der Waals surface area contributed by atoms with E-state index in [1.54, 1.807) is 0 Å². The number of carbonyl (C=O) groups is 1. The fraction of sp³-hybridized carbons (Fsp3) is 0.591. The number of H-pyrrole nitrogens is 1. The van der Waals surface area contributed by atoms with Crippen molar-refractivity contribution in [1.82, 2.24) is 19.8 Å². The van der Waals surface area contributed by atoms with Crippen LogP contribution in [0.3, 0.4) is 0 Å². The SMILES string of the molecule is Cc1ccsc1CN1CCCC(c2nc3c(c(=O)[nH]2)CN(C(=O)C2CC2)CC3)C1. The normalized spacial score (nSPS) is 22.5. The number of thiophene rings is 1. The minimum Gasteiger partial charge on any atom is -0.337 e.